The monoisotopic (exact) mass is 308 g/mol. The molecule has 1 aliphatic heterocycles. The van der Waals surface area contributed by atoms with Crippen LogP contribution in [0.1, 0.15) is 44.3 Å². The number of aliphatic hydroxyl groups excluding tert-OH is 1. The Labute approximate surface area is 130 Å². The van der Waals surface area contributed by atoms with Crippen LogP contribution >= 0.6 is 0 Å². The van der Waals surface area contributed by atoms with Crippen molar-refractivity contribution in [3.63, 3.8) is 0 Å². The first kappa shape index (κ1) is 16.7. The molecule has 1 saturated heterocycles. The van der Waals surface area contributed by atoms with Crippen molar-refractivity contribution < 1.29 is 14.8 Å². The molecule has 0 amide bonds. The molecule has 1 heterocycles. The van der Waals surface area contributed by atoms with Crippen LogP contribution in [0.3, 0.4) is 0 Å². The van der Waals surface area contributed by atoms with E-state index in [1.54, 1.807) is 19.1 Å². The summed E-state index contributed by atoms with van der Waals surface area (Å²) in [6.07, 6.45) is 4.06. The van der Waals surface area contributed by atoms with Crippen molar-refractivity contribution in [3.8, 4) is 5.75 Å². The number of ether oxygens (including phenoxy) is 1. The quantitative estimate of drug-likeness (QED) is 0.646. The number of likely N-dealkylation sites (tertiary alicyclic amines) is 1. The van der Waals surface area contributed by atoms with E-state index < -0.39 is 11.0 Å². The van der Waals surface area contributed by atoms with Gasteiger partial charge in [0, 0.05) is 12.6 Å². The minimum absolute atomic E-state index is 0.0886. The van der Waals surface area contributed by atoms with E-state index in [-0.39, 0.29) is 11.4 Å². The van der Waals surface area contributed by atoms with Gasteiger partial charge in [-0.3, -0.25) is 10.1 Å². The summed E-state index contributed by atoms with van der Waals surface area (Å²) < 4.78 is 5.27. The molecule has 1 atom stereocenters. The highest BCUT2D eigenvalue weighted by Gasteiger charge is 2.20. The lowest BCUT2D eigenvalue weighted by Crippen LogP contribution is -2.29. The molecule has 1 unspecified atom stereocenters. The summed E-state index contributed by atoms with van der Waals surface area (Å²) in [6, 6.07) is 4.70. The van der Waals surface area contributed by atoms with Gasteiger partial charge in [-0.2, -0.15) is 0 Å². The van der Waals surface area contributed by atoms with Crippen LogP contribution in [0.2, 0.25) is 0 Å². The average molecular weight is 308 g/mol. The normalized spacial score (nSPS) is 17.7. The first-order valence-corrected chi connectivity index (χ1v) is 7.93. The third kappa shape index (κ3) is 4.42. The molecule has 6 heteroatoms. The number of benzene rings is 1. The second-order valence-electron chi connectivity index (χ2n) is 5.65. The Bertz CT molecular complexity index is 499. The van der Waals surface area contributed by atoms with E-state index in [0.29, 0.717) is 18.7 Å². The molecule has 0 saturated carbocycles. The molecule has 6 nitrogen and oxygen atoms in total. The van der Waals surface area contributed by atoms with Crippen molar-refractivity contribution in [2.75, 3.05) is 26.2 Å². The van der Waals surface area contributed by atoms with Crippen LogP contribution in [-0.4, -0.2) is 41.2 Å². The SMILES string of the molecule is CCOc1ccc(C(O)CN2CCCCCC2)cc1[N+](=O)[O-]. The molecule has 1 aromatic carbocycles. The smallest absolute Gasteiger partial charge is 0.311 e. The molecule has 0 bridgehead atoms. The van der Waals surface area contributed by atoms with E-state index in [9.17, 15) is 15.2 Å². The molecule has 1 fully saturated rings. The number of hydrogen-bond donors (Lipinski definition) is 1. The Hall–Kier alpha value is -1.66. The van der Waals surface area contributed by atoms with Gasteiger partial charge in [0.2, 0.25) is 0 Å². The van der Waals surface area contributed by atoms with Crippen LogP contribution in [0, 0.1) is 10.1 Å². The molecule has 1 aliphatic rings. The first-order valence-electron chi connectivity index (χ1n) is 7.93. The van der Waals surface area contributed by atoms with Gasteiger partial charge >= 0.3 is 5.69 Å². The third-order valence-electron chi connectivity index (χ3n) is 3.99. The molecule has 1 N–H and O–H groups in total. The largest absolute Gasteiger partial charge is 0.487 e. The summed E-state index contributed by atoms with van der Waals surface area (Å²) in [5, 5.41) is 21.5. The number of nitro groups is 1. The number of β-amino-alcohol motifs (C(OH)–C–C–N with tert-alkyl or cyclic N) is 1. The Kier molecular flexibility index (Phi) is 6.15. The van der Waals surface area contributed by atoms with E-state index in [1.807, 2.05) is 0 Å². The minimum atomic E-state index is -0.715. The highest BCUT2D eigenvalue weighted by atomic mass is 16.6. The van der Waals surface area contributed by atoms with Crippen LogP contribution in [0.25, 0.3) is 0 Å². The van der Waals surface area contributed by atoms with Crippen molar-refractivity contribution in [1.82, 2.24) is 4.90 Å². The zero-order valence-corrected chi connectivity index (χ0v) is 13.0. The molecule has 2 rings (SSSR count). The predicted molar refractivity (Wildman–Crippen MR) is 84.1 cm³/mol. The Morgan fingerprint density at radius 1 is 1.32 bits per heavy atom. The average Bonchev–Trinajstić information content (AvgIpc) is 2.76. The second-order valence-corrected chi connectivity index (χ2v) is 5.65. The highest BCUT2D eigenvalue weighted by Crippen LogP contribution is 2.30. The summed E-state index contributed by atoms with van der Waals surface area (Å²) in [6.45, 7) is 4.64. The van der Waals surface area contributed by atoms with Gasteiger partial charge < -0.3 is 14.7 Å². The second kappa shape index (κ2) is 8.10. The third-order valence-corrected chi connectivity index (χ3v) is 3.99. The van der Waals surface area contributed by atoms with Gasteiger partial charge in [-0.15, -0.1) is 0 Å². The number of nitro benzene ring substituents is 1. The fourth-order valence-corrected chi connectivity index (χ4v) is 2.83. The molecule has 0 spiro atoms. The Balaban J connectivity index is 2.09. The number of hydrogen-bond acceptors (Lipinski definition) is 5. The lowest BCUT2D eigenvalue weighted by atomic mass is 10.1. The van der Waals surface area contributed by atoms with Crippen molar-refractivity contribution in [1.29, 1.82) is 0 Å². The van der Waals surface area contributed by atoms with Gasteiger partial charge in [0.15, 0.2) is 5.75 Å². The molecular weight excluding hydrogens is 284 g/mol. The topological polar surface area (TPSA) is 75.8 Å². The zero-order valence-electron chi connectivity index (χ0n) is 13.0. The van der Waals surface area contributed by atoms with E-state index in [4.69, 9.17) is 4.74 Å². The van der Waals surface area contributed by atoms with Crippen LogP contribution in [0.5, 0.6) is 5.75 Å². The Morgan fingerprint density at radius 3 is 2.59 bits per heavy atom. The summed E-state index contributed by atoms with van der Waals surface area (Å²) in [5.41, 5.74) is 0.480. The van der Waals surface area contributed by atoms with E-state index in [2.05, 4.69) is 4.90 Å². The van der Waals surface area contributed by atoms with E-state index >= 15 is 0 Å². The first-order chi connectivity index (χ1) is 10.6. The standard InChI is InChI=1S/C16H24N2O4/c1-2-22-16-8-7-13(11-14(16)18(20)21)15(19)12-17-9-5-3-4-6-10-17/h7-8,11,15,19H,2-6,9-10,12H2,1H3. The van der Waals surface area contributed by atoms with Gasteiger partial charge in [0.05, 0.1) is 17.6 Å². The summed E-state index contributed by atoms with van der Waals surface area (Å²) in [4.78, 5) is 12.9. The zero-order chi connectivity index (χ0) is 15.9. The molecular formula is C16H24N2O4. The predicted octanol–water partition coefficient (Wildman–Crippen LogP) is 2.90. The van der Waals surface area contributed by atoms with Gasteiger partial charge in [0.25, 0.3) is 0 Å². The minimum Gasteiger partial charge on any atom is -0.487 e. The highest BCUT2D eigenvalue weighted by molar-refractivity contribution is 5.49. The number of rotatable bonds is 6. The fourth-order valence-electron chi connectivity index (χ4n) is 2.83. The van der Waals surface area contributed by atoms with Gasteiger partial charge in [-0.1, -0.05) is 18.9 Å². The van der Waals surface area contributed by atoms with Gasteiger partial charge in [-0.25, -0.2) is 0 Å². The van der Waals surface area contributed by atoms with Crippen molar-refractivity contribution in [3.05, 3.63) is 33.9 Å². The van der Waals surface area contributed by atoms with E-state index in [1.165, 1.54) is 18.9 Å². The maximum atomic E-state index is 11.1. The van der Waals surface area contributed by atoms with Crippen molar-refractivity contribution in [2.24, 2.45) is 0 Å². The molecule has 0 aliphatic carbocycles. The Morgan fingerprint density at radius 2 is 2.00 bits per heavy atom. The van der Waals surface area contributed by atoms with Crippen LogP contribution in [0.15, 0.2) is 18.2 Å². The summed E-state index contributed by atoms with van der Waals surface area (Å²) >= 11 is 0. The van der Waals surface area contributed by atoms with Crippen LogP contribution in [0.4, 0.5) is 5.69 Å². The summed E-state index contributed by atoms with van der Waals surface area (Å²) in [7, 11) is 0. The van der Waals surface area contributed by atoms with Gasteiger partial charge in [-0.05, 0) is 44.5 Å². The molecule has 0 radical (unpaired) electrons. The van der Waals surface area contributed by atoms with Crippen molar-refractivity contribution >= 4 is 5.69 Å². The van der Waals surface area contributed by atoms with Crippen LogP contribution in [-0.2, 0) is 0 Å². The lowest BCUT2D eigenvalue weighted by molar-refractivity contribution is -0.386. The molecule has 22 heavy (non-hydrogen) atoms. The lowest BCUT2D eigenvalue weighted by Gasteiger charge is -2.23. The fraction of sp³-hybridized carbons (Fsp3) is 0.625. The number of nitrogens with zero attached hydrogens (tertiary/aromatic N) is 2. The summed E-state index contributed by atoms with van der Waals surface area (Å²) in [5.74, 6) is 0.248. The van der Waals surface area contributed by atoms with Gasteiger partial charge in [0.1, 0.15) is 0 Å². The van der Waals surface area contributed by atoms with Crippen LogP contribution < -0.4 is 4.74 Å². The maximum Gasteiger partial charge on any atom is 0.311 e. The van der Waals surface area contributed by atoms with Crippen molar-refractivity contribution in [2.45, 2.75) is 38.7 Å². The molecule has 0 aromatic heterocycles. The number of aliphatic hydroxyl groups is 1. The molecule has 122 valence electrons. The maximum absolute atomic E-state index is 11.1. The molecule has 1 aromatic rings. The van der Waals surface area contributed by atoms with E-state index in [0.717, 1.165) is 25.9 Å².